The highest BCUT2D eigenvalue weighted by atomic mass is 28.4. The van der Waals surface area contributed by atoms with Gasteiger partial charge in [-0.3, -0.25) is 0 Å². The summed E-state index contributed by atoms with van der Waals surface area (Å²) in [5.41, 5.74) is 1.69. The summed E-state index contributed by atoms with van der Waals surface area (Å²) in [5.74, 6) is 1.04. The van der Waals surface area contributed by atoms with Crippen LogP contribution in [-0.2, 0) is 25.3 Å². The predicted octanol–water partition coefficient (Wildman–Crippen LogP) is 7.80. The average Bonchev–Trinajstić information content (AvgIpc) is 2.81. The molecule has 1 rings (SSSR count). The van der Waals surface area contributed by atoms with E-state index in [1.54, 1.807) is 7.11 Å². The predicted molar refractivity (Wildman–Crippen MR) is 152 cm³/mol. The fourth-order valence-corrected chi connectivity index (χ4v) is 5.66. The van der Waals surface area contributed by atoms with E-state index in [4.69, 9.17) is 18.6 Å². The Labute approximate surface area is 222 Å². The van der Waals surface area contributed by atoms with Crippen LogP contribution in [0.3, 0.4) is 0 Å². The van der Waals surface area contributed by atoms with Gasteiger partial charge in [-0.05, 0) is 55.6 Å². The molecule has 1 aromatic carbocycles. The van der Waals surface area contributed by atoms with E-state index < -0.39 is 8.32 Å². The first kappa shape index (κ1) is 32.4. The third-order valence-electron chi connectivity index (χ3n) is 7.71. The van der Waals surface area contributed by atoms with E-state index in [-0.39, 0.29) is 35.1 Å². The van der Waals surface area contributed by atoms with Crippen LogP contribution in [0.15, 0.2) is 35.9 Å². The number of hydrogen-bond acceptors (Lipinski definition) is 5. The van der Waals surface area contributed by atoms with Crippen LogP contribution in [0.1, 0.15) is 74.3 Å². The second kappa shape index (κ2) is 14.3. The summed E-state index contributed by atoms with van der Waals surface area (Å²) in [6.07, 6.45) is 2.93. The molecule has 0 amide bonds. The van der Waals surface area contributed by atoms with Gasteiger partial charge < -0.3 is 18.6 Å². The van der Waals surface area contributed by atoms with Gasteiger partial charge in [0, 0.05) is 17.4 Å². The van der Waals surface area contributed by atoms with Crippen LogP contribution in [0.4, 0.5) is 0 Å². The topological polar surface area (TPSA) is 54.0 Å². The first-order chi connectivity index (χ1) is 16.7. The SMILES string of the molecule is CCOC(=O)/C(C)=C/[C@@H](C)[C@@H](OCc1ccc(OC)cc1)[C@@H](C)[C@H](O[Si](C)(C)C(C)(C)C)C(C)CC. The Morgan fingerprint density at radius 1 is 1.03 bits per heavy atom. The molecule has 0 aliphatic rings. The maximum Gasteiger partial charge on any atom is 0.333 e. The van der Waals surface area contributed by atoms with Crippen molar-refractivity contribution in [3.63, 3.8) is 0 Å². The van der Waals surface area contributed by atoms with Gasteiger partial charge in [-0.1, -0.05) is 73.1 Å². The molecule has 0 saturated heterocycles. The number of ether oxygens (including phenoxy) is 3. The Bertz CT molecular complexity index is 825. The lowest BCUT2D eigenvalue weighted by molar-refractivity contribution is -0.138. The van der Waals surface area contributed by atoms with Gasteiger partial charge in [0.2, 0.25) is 0 Å². The van der Waals surface area contributed by atoms with Crippen molar-refractivity contribution in [2.75, 3.05) is 13.7 Å². The van der Waals surface area contributed by atoms with Crippen molar-refractivity contribution >= 4 is 14.3 Å². The molecule has 0 aliphatic carbocycles. The molecule has 0 fully saturated rings. The summed E-state index contributed by atoms with van der Waals surface area (Å²) in [7, 11) is -0.340. The zero-order chi connectivity index (χ0) is 27.7. The summed E-state index contributed by atoms with van der Waals surface area (Å²) >= 11 is 0. The van der Waals surface area contributed by atoms with Crippen LogP contribution >= 0.6 is 0 Å². The van der Waals surface area contributed by atoms with E-state index >= 15 is 0 Å². The average molecular weight is 521 g/mol. The van der Waals surface area contributed by atoms with Crippen LogP contribution < -0.4 is 4.74 Å². The van der Waals surface area contributed by atoms with Gasteiger partial charge in [-0.15, -0.1) is 0 Å². The summed E-state index contributed by atoms with van der Waals surface area (Å²) in [5, 5.41) is 0.115. The molecule has 206 valence electrons. The highest BCUT2D eigenvalue weighted by molar-refractivity contribution is 6.74. The van der Waals surface area contributed by atoms with Crippen molar-refractivity contribution in [1.29, 1.82) is 0 Å². The summed E-state index contributed by atoms with van der Waals surface area (Å²) in [6, 6.07) is 7.97. The number of rotatable bonds is 14. The van der Waals surface area contributed by atoms with E-state index in [1.807, 2.05) is 44.2 Å². The number of methoxy groups -OCH3 is 1. The molecule has 0 N–H and O–H groups in total. The zero-order valence-electron chi connectivity index (χ0n) is 24.9. The molecule has 1 aromatic rings. The molecule has 36 heavy (non-hydrogen) atoms. The van der Waals surface area contributed by atoms with Crippen molar-refractivity contribution < 1.29 is 23.4 Å². The molecule has 0 radical (unpaired) electrons. The number of carbonyl (C=O) groups is 1. The molecule has 5 nitrogen and oxygen atoms in total. The molecule has 0 spiro atoms. The Balaban J connectivity index is 3.33. The Morgan fingerprint density at radius 3 is 2.08 bits per heavy atom. The fraction of sp³-hybridized carbons (Fsp3) is 0.700. The van der Waals surface area contributed by atoms with Crippen molar-refractivity contribution in [1.82, 2.24) is 0 Å². The lowest BCUT2D eigenvalue weighted by Crippen LogP contribution is -2.50. The van der Waals surface area contributed by atoms with E-state index in [2.05, 4.69) is 61.6 Å². The number of carbonyl (C=O) groups excluding carboxylic acids is 1. The fourth-order valence-electron chi connectivity index (χ4n) is 4.18. The maximum atomic E-state index is 12.3. The first-order valence-electron chi connectivity index (χ1n) is 13.5. The first-order valence-corrected chi connectivity index (χ1v) is 16.4. The summed E-state index contributed by atoms with van der Waals surface area (Å²) in [6.45, 7) is 24.8. The Morgan fingerprint density at radius 2 is 1.61 bits per heavy atom. The number of esters is 1. The lowest BCUT2D eigenvalue weighted by atomic mass is 9.82. The van der Waals surface area contributed by atoms with Crippen LogP contribution in [-0.4, -0.2) is 40.2 Å². The molecule has 0 heterocycles. The normalized spacial score (nSPS) is 17.2. The molecule has 0 saturated carbocycles. The molecule has 0 aliphatic heterocycles. The van der Waals surface area contributed by atoms with Gasteiger partial charge >= 0.3 is 5.97 Å². The molecule has 0 bridgehead atoms. The standard InChI is InChI=1S/C30H52O5Si/c1-13-21(3)28(35-36(11,12)30(7,8)9)24(6)27(22(4)19-23(5)29(31)33-14-2)34-20-25-15-17-26(32-10)18-16-25/h15-19,21-22,24,27-28H,13-14,20H2,1-12H3/b23-19+/t21?,22-,24-,27-,28-/m1/s1. The minimum absolute atomic E-state index is 0.00257. The minimum atomic E-state index is -2.01. The van der Waals surface area contributed by atoms with Gasteiger partial charge in [-0.25, -0.2) is 4.79 Å². The molecular weight excluding hydrogens is 468 g/mol. The minimum Gasteiger partial charge on any atom is -0.497 e. The van der Waals surface area contributed by atoms with E-state index in [0.717, 1.165) is 17.7 Å². The largest absolute Gasteiger partial charge is 0.497 e. The number of hydrogen-bond donors (Lipinski definition) is 0. The van der Waals surface area contributed by atoms with E-state index in [9.17, 15) is 4.79 Å². The summed E-state index contributed by atoms with van der Waals surface area (Å²) < 4.78 is 24.2. The lowest BCUT2D eigenvalue weighted by Gasteiger charge is -2.45. The van der Waals surface area contributed by atoms with Crippen molar-refractivity contribution in [3.05, 3.63) is 41.5 Å². The second-order valence-electron chi connectivity index (χ2n) is 11.6. The van der Waals surface area contributed by atoms with E-state index in [1.165, 1.54) is 0 Å². The van der Waals surface area contributed by atoms with Gasteiger partial charge in [0.1, 0.15) is 5.75 Å². The third-order valence-corrected chi connectivity index (χ3v) is 12.2. The van der Waals surface area contributed by atoms with Crippen LogP contribution in [0.2, 0.25) is 18.1 Å². The molecule has 6 heteroatoms. The highest BCUT2D eigenvalue weighted by Gasteiger charge is 2.43. The summed E-state index contributed by atoms with van der Waals surface area (Å²) in [4.78, 5) is 12.3. The monoisotopic (exact) mass is 520 g/mol. The van der Waals surface area contributed by atoms with E-state index in [0.29, 0.717) is 24.7 Å². The Kier molecular flexibility index (Phi) is 12.9. The molecular formula is C30H52O5Si. The smallest absolute Gasteiger partial charge is 0.333 e. The number of benzene rings is 1. The van der Waals surface area contributed by atoms with Crippen LogP contribution in [0, 0.1) is 17.8 Å². The van der Waals surface area contributed by atoms with Gasteiger partial charge in [-0.2, -0.15) is 0 Å². The van der Waals surface area contributed by atoms with Gasteiger partial charge in [0.15, 0.2) is 8.32 Å². The molecule has 0 aromatic heterocycles. The second-order valence-corrected chi connectivity index (χ2v) is 16.4. The van der Waals surface area contributed by atoms with Crippen LogP contribution in [0.5, 0.6) is 5.75 Å². The molecule has 5 atom stereocenters. The van der Waals surface area contributed by atoms with Crippen molar-refractivity contribution in [2.24, 2.45) is 17.8 Å². The maximum absolute atomic E-state index is 12.3. The van der Waals surface area contributed by atoms with Crippen molar-refractivity contribution in [2.45, 2.75) is 106 Å². The van der Waals surface area contributed by atoms with Crippen molar-refractivity contribution in [3.8, 4) is 5.75 Å². The zero-order valence-corrected chi connectivity index (χ0v) is 25.9. The highest BCUT2D eigenvalue weighted by Crippen LogP contribution is 2.40. The Hall–Kier alpha value is -1.63. The third kappa shape index (κ3) is 9.35. The molecule has 1 unspecified atom stereocenters. The van der Waals surface area contributed by atoms with Gasteiger partial charge in [0.05, 0.1) is 32.5 Å². The van der Waals surface area contributed by atoms with Crippen LogP contribution in [0.25, 0.3) is 0 Å². The van der Waals surface area contributed by atoms with Gasteiger partial charge in [0.25, 0.3) is 0 Å². The quantitative estimate of drug-likeness (QED) is 0.142.